The van der Waals surface area contributed by atoms with Gasteiger partial charge in [0.1, 0.15) is 30.0 Å². The molecule has 2 saturated carbocycles. The van der Waals surface area contributed by atoms with Gasteiger partial charge in [-0.05, 0) is 43.7 Å². The van der Waals surface area contributed by atoms with Gasteiger partial charge < -0.3 is 24.5 Å². The molecule has 1 amide bonds. The fourth-order valence-electron chi connectivity index (χ4n) is 6.17. The van der Waals surface area contributed by atoms with Crippen molar-refractivity contribution in [2.75, 3.05) is 7.11 Å². The van der Waals surface area contributed by atoms with E-state index in [0.717, 1.165) is 69.9 Å². The molecule has 2 fully saturated rings. The highest BCUT2D eigenvalue weighted by molar-refractivity contribution is 5.85. The lowest BCUT2D eigenvalue weighted by molar-refractivity contribution is -0.127. The third-order valence-corrected chi connectivity index (χ3v) is 8.20. The Kier molecular flexibility index (Phi) is 8.65. The van der Waals surface area contributed by atoms with Crippen LogP contribution in [0.15, 0.2) is 30.3 Å². The van der Waals surface area contributed by atoms with Crippen molar-refractivity contribution < 1.29 is 28.2 Å². The fourth-order valence-corrected chi connectivity index (χ4v) is 6.17. The van der Waals surface area contributed by atoms with E-state index in [4.69, 9.17) is 9.47 Å². The van der Waals surface area contributed by atoms with Crippen LogP contribution in [0.4, 0.5) is 8.78 Å². The number of rotatable bonds is 9. The van der Waals surface area contributed by atoms with Crippen molar-refractivity contribution in [3.63, 3.8) is 0 Å². The first-order chi connectivity index (χ1) is 19.0. The van der Waals surface area contributed by atoms with Gasteiger partial charge >= 0.3 is 0 Å². The highest BCUT2D eigenvalue weighted by Crippen LogP contribution is 2.37. The first kappa shape index (κ1) is 27.4. The minimum absolute atomic E-state index is 0.0144. The normalized spacial score (nSPS) is 17.7. The van der Waals surface area contributed by atoms with Crippen molar-refractivity contribution in [1.82, 2.24) is 14.9 Å². The molecular weight excluding hydrogens is 504 g/mol. The van der Waals surface area contributed by atoms with Crippen molar-refractivity contribution in [3.8, 4) is 11.5 Å². The van der Waals surface area contributed by atoms with Crippen LogP contribution in [-0.2, 0) is 18.0 Å². The molecule has 0 saturated heterocycles. The maximum absolute atomic E-state index is 14.5. The summed E-state index contributed by atoms with van der Waals surface area (Å²) in [6.45, 7) is -0.185. The van der Waals surface area contributed by atoms with E-state index in [1.807, 2.05) is 0 Å². The summed E-state index contributed by atoms with van der Waals surface area (Å²) in [6.07, 6.45) is 10.2. The molecule has 7 nitrogen and oxygen atoms in total. The number of ether oxygens (including phenoxy) is 2. The molecule has 3 aromatic rings. The zero-order valence-electron chi connectivity index (χ0n) is 22.4. The molecule has 2 aliphatic carbocycles. The highest BCUT2D eigenvalue weighted by atomic mass is 19.2. The third kappa shape index (κ3) is 6.03. The molecular formula is C30H37F2N3O4. The quantitative estimate of drug-likeness (QED) is 0.349. The molecule has 2 aliphatic rings. The molecule has 210 valence electrons. The van der Waals surface area contributed by atoms with E-state index in [2.05, 4.69) is 10.3 Å². The number of carbonyl (C=O) groups is 1. The number of fused-ring (bicyclic) bond motifs is 1. The van der Waals surface area contributed by atoms with E-state index in [0.29, 0.717) is 28.4 Å². The van der Waals surface area contributed by atoms with Crippen molar-refractivity contribution in [1.29, 1.82) is 0 Å². The number of aliphatic hydroxyl groups is 1. The Morgan fingerprint density at radius 2 is 1.74 bits per heavy atom. The number of halogens is 2. The van der Waals surface area contributed by atoms with E-state index in [1.165, 1.54) is 13.5 Å². The Morgan fingerprint density at radius 1 is 1.05 bits per heavy atom. The second-order valence-electron chi connectivity index (χ2n) is 10.8. The highest BCUT2D eigenvalue weighted by Gasteiger charge is 2.35. The lowest BCUT2D eigenvalue weighted by atomic mass is 9.83. The molecule has 39 heavy (non-hydrogen) atoms. The second kappa shape index (κ2) is 12.3. The molecule has 0 bridgehead atoms. The summed E-state index contributed by atoms with van der Waals surface area (Å²) in [5, 5.41) is 12.8. The summed E-state index contributed by atoms with van der Waals surface area (Å²) >= 11 is 0. The van der Waals surface area contributed by atoms with E-state index >= 15 is 0 Å². The number of methoxy groups -OCH3 is 1. The zero-order chi connectivity index (χ0) is 27.4. The van der Waals surface area contributed by atoms with Crippen LogP contribution in [0.25, 0.3) is 11.0 Å². The number of hydrogen-bond acceptors (Lipinski definition) is 5. The smallest absolute Gasteiger partial charge is 0.243 e. The number of nitrogens with zero attached hydrogens (tertiary/aromatic N) is 2. The summed E-state index contributed by atoms with van der Waals surface area (Å²) in [7, 11) is 1.51. The summed E-state index contributed by atoms with van der Waals surface area (Å²) in [4.78, 5) is 18.6. The maximum atomic E-state index is 14.5. The number of amides is 1. The van der Waals surface area contributed by atoms with Gasteiger partial charge in [-0.1, -0.05) is 38.5 Å². The molecule has 1 aromatic heterocycles. The molecule has 1 heterocycles. The predicted molar refractivity (Wildman–Crippen MR) is 144 cm³/mol. The summed E-state index contributed by atoms with van der Waals surface area (Å²) in [5.41, 5.74) is 1.29. The van der Waals surface area contributed by atoms with Crippen molar-refractivity contribution in [2.24, 2.45) is 5.92 Å². The Balaban J connectivity index is 1.53. The number of nitrogens with one attached hydrogen (secondary N) is 1. The predicted octanol–water partition coefficient (Wildman–Crippen LogP) is 5.96. The average Bonchev–Trinajstić information content (AvgIpc) is 3.29. The molecule has 1 atom stereocenters. The van der Waals surface area contributed by atoms with Gasteiger partial charge in [-0.25, -0.2) is 13.8 Å². The van der Waals surface area contributed by atoms with Crippen LogP contribution in [0.1, 0.15) is 81.6 Å². The van der Waals surface area contributed by atoms with Gasteiger partial charge in [0.2, 0.25) is 5.91 Å². The van der Waals surface area contributed by atoms with Crippen LogP contribution in [0, 0.1) is 17.6 Å². The van der Waals surface area contributed by atoms with E-state index in [9.17, 15) is 18.7 Å². The minimum Gasteiger partial charge on any atom is -0.496 e. The summed E-state index contributed by atoms with van der Waals surface area (Å²) in [6, 6.07) is 6.85. The number of benzene rings is 2. The number of carbonyl (C=O) groups excluding carboxylic acids is 1. The Hall–Kier alpha value is -3.20. The number of aliphatic hydroxyl groups excluding tert-OH is 1. The van der Waals surface area contributed by atoms with Gasteiger partial charge in [-0.2, -0.15) is 0 Å². The standard InChI is InChI=1S/C30H37F2N3O4/c1-38-27-14-22(13-12-20(27)17-36)39-18-28-34-25-15-23(31)24(32)16-26(25)35(28)29(19-8-4-2-5-9-19)30(37)33-21-10-6-3-7-11-21/h12-16,19,21,29,36H,2-11,17-18H2,1H3,(H,33,37). The van der Waals surface area contributed by atoms with Crippen LogP contribution in [-0.4, -0.2) is 33.7 Å². The van der Waals surface area contributed by atoms with Gasteiger partial charge in [-0.15, -0.1) is 0 Å². The number of aromatic nitrogens is 2. The lowest BCUT2D eigenvalue weighted by Crippen LogP contribution is -2.44. The van der Waals surface area contributed by atoms with Crippen molar-refractivity contribution >= 4 is 16.9 Å². The fraction of sp³-hybridized carbons (Fsp3) is 0.533. The number of imidazole rings is 1. The van der Waals surface area contributed by atoms with Crippen LogP contribution in [0.3, 0.4) is 0 Å². The molecule has 2 aromatic carbocycles. The van der Waals surface area contributed by atoms with E-state index in [-0.39, 0.29) is 36.6 Å². The molecule has 0 aliphatic heterocycles. The molecule has 1 unspecified atom stereocenters. The monoisotopic (exact) mass is 541 g/mol. The Bertz CT molecular complexity index is 1300. The minimum atomic E-state index is -0.982. The van der Waals surface area contributed by atoms with Gasteiger partial charge in [0.05, 0.1) is 24.8 Å². The molecule has 5 rings (SSSR count). The molecule has 0 radical (unpaired) electrons. The van der Waals surface area contributed by atoms with Crippen molar-refractivity contribution in [3.05, 3.63) is 53.4 Å². The van der Waals surface area contributed by atoms with Crippen LogP contribution >= 0.6 is 0 Å². The lowest BCUT2D eigenvalue weighted by Gasteiger charge is -2.33. The SMILES string of the molecule is COc1cc(OCc2nc3cc(F)c(F)cc3n2C(C(=O)NC2CCCCC2)C2CCCCC2)ccc1CO. The zero-order valence-corrected chi connectivity index (χ0v) is 22.4. The maximum Gasteiger partial charge on any atom is 0.243 e. The van der Waals surface area contributed by atoms with Gasteiger partial charge in [0, 0.05) is 29.8 Å². The Morgan fingerprint density at radius 3 is 2.44 bits per heavy atom. The first-order valence-corrected chi connectivity index (χ1v) is 14.0. The second-order valence-corrected chi connectivity index (χ2v) is 10.8. The van der Waals surface area contributed by atoms with Gasteiger partial charge in [0.15, 0.2) is 11.6 Å². The number of hydrogen-bond donors (Lipinski definition) is 2. The van der Waals surface area contributed by atoms with Crippen LogP contribution in [0.5, 0.6) is 11.5 Å². The topological polar surface area (TPSA) is 85.6 Å². The van der Waals surface area contributed by atoms with E-state index in [1.54, 1.807) is 22.8 Å². The molecule has 0 spiro atoms. The average molecular weight is 542 g/mol. The molecule has 9 heteroatoms. The van der Waals surface area contributed by atoms with Crippen LogP contribution < -0.4 is 14.8 Å². The van der Waals surface area contributed by atoms with Gasteiger partial charge in [0.25, 0.3) is 0 Å². The van der Waals surface area contributed by atoms with E-state index < -0.39 is 17.7 Å². The summed E-state index contributed by atoms with van der Waals surface area (Å²) < 4.78 is 42.0. The third-order valence-electron chi connectivity index (χ3n) is 8.20. The largest absolute Gasteiger partial charge is 0.496 e. The van der Waals surface area contributed by atoms with Crippen LogP contribution in [0.2, 0.25) is 0 Å². The first-order valence-electron chi connectivity index (χ1n) is 14.0. The molecule has 2 N–H and O–H groups in total. The van der Waals surface area contributed by atoms with Crippen molar-refractivity contribution in [2.45, 2.75) is 89.5 Å². The Labute approximate surface area is 227 Å². The van der Waals surface area contributed by atoms with Gasteiger partial charge in [-0.3, -0.25) is 4.79 Å². The summed E-state index contributed by atoms with van der Waals surface area (Å²) in [5.74, 6) is -0.598.